The van der Waals surface area contributed by atoms with E-state index in [4.69, 9.17) is 4.74 Å². The molecule has 0 unspecified atom stereocenters. The highest BCUT2D eigenvalue weighted by Crippen LogP contribution is 2.17. The van der Waals surface area contributed by atoms with Crippen molar-refractivity contribution in [2.45, 2.75) is 104 Å². The van der Waals surface area contributed by atoms with Crippen LogP contribution in [0.5, 0.6) is 5.75 Å². The molecule has 0 spiro atoms. The summed E-state index contributed by atoms with van der Waals surface area (Å²) in [6.07, 6.45) is -0.473. The molecular weight excluding hydrogens is 767 g/mol. The number of alkyl halides is 1. The SMILES string of the molecule is CC[C@H](C)[C@H](NC(=O)C[C@H](O)[C@H](Cc1ccccc1)NC(=O)[C@@H](NC(=O)Cc1cccc(OCCI)c1)[C@@H](C)CC)C(=O)N[C@H](C(=O)O)C(C)C. The van der Waals surface area contributed by atoms with Gasteiger partial charge in [0.2, 0.25) is 23.6 Å². The van der Waals surface area contributed by atoms with Crippen LogP contribution >= 0.6 is 22.6 Å². The number of ether oxygens (including phenoxy) is 1. The number of rotatable bonds is 22. The molecule has 0 fully saturated rings. The van der Waals surface area contributed by atoms with Gasteiger partial charge in [-0.05, 0) is 47.4 Å². The highest BCUT2D eigenvalue weighted by molar-refractivity contribution is 14.1. The van der Waals surface area contributed by atoms with Gasteiger partial charge in [0.05, 0.1) is 31.6 Å². The van der Waals surface area contributed by atoms with Gasteiger partial charge in [0.25, 0.3) is 0 Å². The molecule has 0 radical (unpaired) electrons. The lowest BCUT2D eigenvalue weighted by molar-refractivity contribution is -0.143. The Morgan fingerprint density at radius 3 is 1.86 bits per heavy atom. The second-order valence-electron chi connectivity index (χ2n) is 13.4. The summed E-state index contributed by atoms with van der Waals surface area (Å²) >= 11 is 2.22. The molecule has 0 saturated heterocycles. The van der Waals surface area contributed by atoms with Gasteiger partial charge >= 0.3 is 5.97 Å². The molecule has 2 aromatic rings. The molecule has 0 aliphatic rings. The summed E-state index contributed by atoms with van der Waals surface area (Å²) in [6.45, 7) is 11.3. The number of carbonyl (C=O) groups is 5. The van der Waals surface area contributed by atoms with Crippen LogP contribution in [0.15, 0.2) is 54.6 Å². The minimum absolute atomic E-state index is 0.0349. The van der Waals surface area contributed by atoms with Crippen LogP contribution in [0.1, 0.15) is 71.9 Å². The number of hydrogen-bond acceptors (Lipinski definition) is 7. The Bertz CT molecular complexity index is 1430. The predicted molar refractivity (Wildman–Crippen MR) is 204 cm³/mol. The summed E-state index contributed by atoms with van der Waals surface area (Å²) < 4.78 is 6.50. The molecule has 0 aliphatic heterocycles. The van der Waals surface area contributed by atoms with E-state index in [1.165, 1.54) is 0 Å². The third-order valence-electron chi connectivity index (χ3n) is 8.95. The summed E-state index contributed by atoms with van der Waals surface area (Å²) in [5, 5.41) is 32.0. The van der Waals surface area contributed by atoms with E-state index >= 15 is 0 Å². The zero-order chi connectivity index (χ0) is 38.1. The number of aliphatic hydroxyl groups excluding tert-OH is 1. The number of benzene rings is 2. The van der Waals surface area contributed by atoms with Crippen LogP contribution in [0, 0.1) is 17.8 Å². The maximum atomic E-state index is 13.8. The summed E-state index contributed by atoms with van der Waals surface area (Å²) in [5.41, 5.74) is 1.54. The van der Waals surface area contributed by atoms with Crippen LogP contribution in [0.4, 0.5) is 0 Å². The largest absolute Gasteiger partial charge is 0.493 e. The van der Waals surface area contributed by atoms with E-state index in [2.05, 4.69) is 43.9 Å². The lowest BCUT2D eigenvalue weighted by atomic mass is 9.94. The van der Waals surface area contributed by atoms with Gasteiger partial charge in [-0.1, -0.05) is 119 Å². The maximum absolute atomic E-state index is 13.8. The molecule has 51 heavy (non-hydrogen) atoms. The van der Waals surface area contributed by atoms with Gasteiger partial charge < -0.3 is 36.2 Å². The number of hydrogen-bond donors (Lipinski definition) is 6. The van der Waals surface area contributed by atoms with Crippen molar-refractivity contribution >= 4 is 52.2 Å². The molecule has 0 saturated carbocycles. The third kappa shape index (κ3) is 14.8. The van der Waals surface area contributed by atoms with E-state index in [0.29, 0.717) is 25.2 Å². The predicted octanol–water partition coefficient (Wildman–Crippen LogP) is 3.81. The molecule has 2 rings (SSSR count). The number of halogens is 1. The first-order valence-electron chi connectivity index (χ1n) is 17.6. The molecule has 0 heterocycles. The number of carbonyl (C=O) groups excluding carboxylic acids is 4. The highest BCUT2D eigenvalue weighted by atomic mass is 127. The van der Waals surface area contributed by atoms with Crippen LogP contribution in [0.25, 0.3) is 0 Å². The molecule has 6 N–H and O–H groups in total. The topological polar surface area (TPSA) is 183 Å². The van der Waals surface area contributed by atoms with Gasteiger partial charge in [-0.3, -0.25) is 19.2 Å². The van der Waals surface area contributed by atoms with E-state index in [-0.39, 0.29) is 36.5 Å². The number of amides is 4. The number of nitrogens with one attached hydrogen (secondary N) is 4. The van der Waals surface area contributed by atoms with E-state index in [1.54, 1.807) is 26.8 Å². The fourth-order valence-electron chi connectivity index (χ4n) is 5.46. The second-order valence-corrected chi connectivity index (χ2v) is 14.4. The van der Waals surface area contributed by atoms with Crippen molar-refractivity contribution in [3.8, 4) is 5.75 Å². The summed E-state index contributed by atoms with van der Waals surface area (Å²) in [6, 6.07) is 12.4. The van der Waals surface area contributed by atoms with Gasteiger partial charge in [0.15, 0.2) is 0 Å². The van der Waals surface area contributed by atoms with Crippen molar-refractivity contribution < 1.29 is 38.9 Å². The first kappa shape index (κ1) is 43.4. The quantitative estimate of drug-likeness (QED) is 0.0766. The van der Waals surface area contributed by atoms with E-state index in [1.807, 2.05) is 69.3 Å². The minimum Gasteiger partial charge on any atom is -0.493 e. The Hall–Kier alpha value is -3.72. The van der Waals surface area contributed by atoms with Gasteiger partial charge in [0.1, 0.15) is 23.9 Å². The zero-order valence-corrected chi connectivity index (χ0v) is 32.6. The number of carboxylic acid groups (broad SMARTS) is 1. The molecule has 13 heteroatoms. The van der Waals surface area contributed by atoms with Crippen LogP contribution in [-0.4, -0.2) is 81.1 Å². The zero-order valence-electron chi connectivity index (χ0n) is 30.5. The molecule has 4 amide bonds. The van der Waals surface area contributed by atoms with Crippen molar-refractivity contribution in [2.24, 2.45) is 17.8 Å². The highest BCUT2D eigenvalue weighted by Gasteiger charge is 2.34. The standard InChI is InChI=1S/C38H55IN4O8/c1-7-24(5)34(41-31(45)21-27-15-12-16-28(19-27)51-18-17-39)36(47)40-29(20-26-13-10-9-11-14-26)30(44)22-32(46)42-35(25(6)8-2)37(48)43-33(23(3)4)38(49)50/h9-16,19,23-25,29-30,33-35,44H,7-8,17-18,20-22H2,1-6H3,(H,40,47)(H,41,45)(H,42,46)(H,43,48)(H,49,50)/t24-,25-,29-,30-,33-,34-,35-/m0/s1. The monoisotopic (exact) mass is 822 g/mol. The lowest BCUT2D eigenvalue weighted by Crippen LogP contribution is -2.57. The van der Waals surface area contributed by atoms with Crippen molar-refractivity contribution in [3.63, 3.8) is 0 Å². The first-order valence-corrected chi connectivity index (χ1v) is 19.1. The Morgan fingerprint density at radius 1 is 0.745 bits per heavy atom. The van der Waals surface area contributed by atoms with E-state index < -0.39 is 60.4 Å². The normalized spacial score (nSPS) is 15.3. The molecule has 12 nitrogen and oxygen atoms in total. The average Bonchev–Trinajstić information content (AvgIpc) is 3.10. The number of aliphatic carboxylic acids is 1. The van der Waals surface area contributed by atoms with Crippen LogP contribution in [-0.2, 0) is 36.8 Å². The maximum Gasteiger partial charge on any atom is 0.326 e. The molecule has 7 atom stereocenters. The van der Waals surface area contributed by atoms with E-state index in [9.17, 15) is 34.2 Å². The summed E-state index contributed by atoms with van der Waals surface area (Å²) in [7, 11) is 0. The van der Waals surface area contributed by atoms with Gasteiger partial charge in [-0.25, -0.2) is 4.79 Å². The smallest absolute Gasteiger partial charge is 0.326 e. The number of carboxylic acids is 1. The van der Waals surface area contributed by atoms with E-state index in [0.717, 1.165) is 15.6 Å². The first-order chi connectivity index (χ1) is 24.2. The van der Waals surface area contributed by atoms with Gasteiger partial charge in [-0.2, -0.15) is 0 Å². The fourth-order valence-corrected chi connectivity index (χ4v) is 5.68. The van der Waals surface area contributed by atoms with Crippen molar-refractivity contribution in [3.05, 3.63) is 65.7 Å². The van der Waals surface area contributed by atoms with Crippen LogP contribution < -0.4 is 26.0 Å². The lowest BCUT2D eigenvalue weighted by Gasteiger charge is -2.30. The van der Waals surface area contributed by atoms with Crippen LogP contribution in [0.3, 0.4) is 0 Å². The second kappa shape index (κ2) is 22.3. The Labute approximate surface area is 315 Å². The summed E-state index contributed by atoms with van der Waals surface area (Å²) in [4.78, 5) is 65.3. The summed E-state index contributed by atoms with van der Waals surface area (Å²) in [5.74, 6) is -3.60. The third-order valence-corrected chi connectivity index (χ3v) is 9.39. The Morgan fingerprint density at radius 2 is 1.31 bits per heavy atom. The molecule has 282 valence electrons. The van der Waals surface area contributed by atoms with Gasteiger partial charge in [-0.15, -0.1) is 0 Å². The Balaban J connectivity index is 2.24. The fraction of sp³-hybridized carbons (Fsp3) is 0.553. The molecule has 2 aromatic carbocycles. The van der Waals surface area contributed by atoms with Crippen molar-refractivity contribution in [1.82, 2.24) is 21.3 Å². The minimum atomic E-state index is -1.36. The molecular formula is C38H55IN4O8. The average molecular weight is 823 g/mol. The van der Waals surface area contributed by atoms with Crippen molar-refractivity contribution in [2.75, 3.05) is 11.0 Å². The van der Waals surface area contributed by atoms with Crippen molar-refractivity contribution in [1.29, 1.82) is 0 Å². The van der Waals surface area contributed by atoms with Crippen LogP contribution in [0.2, 0.25) is 0 Å². The molecule has 0 aliphatic carbocycles. The molecule has 0 aromatic heterocycles. The number of aliphatic hydroxyl groups is 1. The Kier molecular flexibility index (Phi) is 19.0. The molecule has 0 bridgehead atoms. The van der Waals surface area contributed by atoms with Gasteiger partial charge in [0, 0.05) is 4.43 Å².